The lowest BCUT2D eigenvalue weighted by Gasteiger charge is -2.14. The Morgan fingerprint density at radius 3 is 2.48 bits per heavy atom. The number of esters is 1. The van der Waals surface area contributed by atoms with Crippen molar-refractivity contribution in [1.29, 1.82) is 0 Å². The van der Waals surface area contributed by atoms with Crippen LogP contribution in [0.5, 0.6) is 0 Å². The Morgan fingerprint density at radius 1 is 1.24 bits per heavy atom. The molecule has 0 spiro atoms. The molecule has 136 valence electrons. The highest BCUT2D eigenvalue weighted by Gasteiger charge is 2.27. The largest absolute Gasteiger partial charge is 0.461 e. The van der Waals surface area contributed by atoms with Crippen molar-refractivity contribution < 1.29 is 17.9 Å². The molecule has 2 N–H and O–H groups in total. The topological polar surface area (TPSA) is 88.3 Å². The van der Waals surface area contributed by atoms with E-state index in [2.05, 4.69) is 9.71 Å². The van der Waals surface area contributed by atoms with Crippen LogP contribution in [0.4, 0.5) is 0 Å². The quantitative estimate of drug-likeness (QED) is 0.740. The van der Waals surface area contributed by atoms with Gasteiger partial charge in [0.15, 0.2) is 0 Å². The minimum absolute atomic E-state index is 0.0278. The monoisotopic (exact) mass is 364 g/mol. The average Bonchev–Trinajstić information content (AvgIpc) is 2.89. The predicted octanol–water partition coefficient (Wildman–Crippen LogP) is 2.89. The van der Waals surface area contributed by atoms with Gasteiger partial charge in [-0.2, -0.15) is 0 Å². The number of H-pyrrole nitrogens is 1. The van der Waals surface area contributed by atoms with Crippen LogP contribution in [0.3, 0.4) is 0 Å². The molecule has 0 aliphatic carbocycles. The highest BCUT2D eigenvalue weighted by atomic mass is 32.2. The van der Waals surface area contributed by atoms with E-state index in [-0.39, 0.29) is 29.7 Å². The Balaban J connectivity index is 2.21. The second-order valence-corrected chi connectivity index (χ2v) is 7.67. The number of rotatable bonds is 7. The van der Waals surface area contributed by atoms with Crippen molar-refractivity contribution in [2.24, 2.45) is 0 Å². The van der Waals surface area contributed by atoms with Gasteiger partial charge in [-0.3, -0.25) is 0 Å². The number of ether oxygens (including phenoxy) is 1. The Kier molecular flexibility index (Phi) is 6.02. The number of hydrogen-bond donors (Lipinski definition) is 2. The van der Waals surface area contributed by atoms with E-state index in [9.17, 15) is 13.2 Å². The van der Waals surface area contributed by atoms with E-state index >= 15 is 0 Å². The van der Waals surface area contributed by atoms with Crippen molar-refractivity contribution in [1.82, 2.24) is 9.71 Å². The van der Waals surface area contributed by atoms with Gasteiger partial charge in [0.2, 0.25) is 10.0 Å². The second-order valence-electron chi connectivity index (χ2n) is 5.96. The summed E-state index contributed by atoms with van der Waals surface area (Å²) < 4.78 is 33.0. The van der Waals surface area contributed by atoms with Crippen molar-refractivity contribution in [3.63, 3.8) is 0 Å². The number of aryl methyl sites for hydroxylation is 1. The van der Waals surface area contributed by atoms with Crippen LogP contribution in [0.15, 0.2) is 35.2 Å². The molecule has 1 aromatic heterocycles. The first-order valence-corrected chi connectivity index (χ1v) is 9.67. The number of benzene rings is 1. The van der Waals surface area contributed by atoms with Crippen molar-refractivity contribution in [3.8, 4) is 0 Å². The summed E-state index contributed by atoms with van der Waals surface area (Å²) in [6.45, 7) is 7.39. The van der Waals surface area contributed by atoms with E-state index in [0.29, 0.717) is 11.3 Å². The van der Waals surface area contributed by atoms with Gasteiger partial charge in [-0.1, -0.05) is 37.3 Å². The van der Waals surface area contributed by atoms with Crippen LogP contribution in [0.2, 0.25) is 0 Å². The molecule has 0 aliphatic heterocycles. The minimum Gasteiger partial charge on any atom is -0.461 e. The number of hydrogen-bond acceptors (Lipinski definition) is 4. The molecule has 0 fully saturated rings. The molecule has 0 aliphatic rings. The summed E-state index contributed by atoms with van der Waals surface area (Å²) >= 11 is 0. The van der Waals surface area contributed by atoms with Crippen LogP contribution >= 0.6 is 0 Å². The Hall–Kier alpha value is -2.12. The van der Waals surface area contributed by atoms with E-state index < -0.39 is 16.0 Å². The van der Waals surface area contributed by atoms with Crippen molar-refractivity contribution in [2.45, 2.75) is 38.5 Å². The summed E-state index contributed by atoms with van der Waals surface area (Å²) in [6.07, 6.45) is 0. The fourth-order valence-electron chi connectivity index (χ4n) is 2.75. The predicted molar refractivity (Wildman–Crippen MR) is 96.3 cm³/mol. The number of nitrogens with one attached hydrogen (secondary N) is 2. The van der Waals surface area contributed by atoms with E-state index in [1.807, 2.05) is 37.3 Å². The fraction of sp³-hybridized carbons (Fsp3) is 0.389. The normalized spacial score (nSPS) is 12.8. The summed E-state index contributed by atoms with van der Waals surface area (Å²) in [4.78, 5) is 14.9. The Morgan fingerprint density at radius 2 is 1.88 bits per heavy atom. The highest BCUT2D eigenvalue weighted by Crippen LogP contribution is 2.24. The first-order valence-electron chi connectivity index (χ1n) is 8.18. The molecule has 0 radical (unpaired) electrons. The average molecular weight is 364 g/mol. The molecule has 0 unspecified atom stereocenters. The van der Waals surface area contributed by atoms with E-state index in [1.165, 1.54) is 0 Å². The zero-order valence-corrected chi connectivity index (χ0v) is 15.7. The number of aromatic amines is 1. The lowest BCUT2D eigenvalue weighted by Crippen LogP contribution is -2.28. The van der Waals surface area contributed by atoms with Gasteiger partial charge in [0.05, 0.1) is 6.61 Å². The molecule has 1 aromatic carbocycles. The van der Waals surface area contributed by atoms with Gasteiger partial charge in [0, 0.05) is 17.8 Å². The second kappa shape index (κ2) is 7.84. The molecule has 2 aromatic rings. The molecule has 6 nitrogen and oxygen atoms in total. The summed E-state index contributed by atoms with van der Waals surface area (Å²) in [5.41, 5.74) is 2.02. The van der Waals surface area contributed by atoms with Crippen LogP contribution in [-0.2, 0) is 14.8 Å². The van der Waals surface area contributed by atoms with Crippen LogP contribution in [0, 0.1) is 13.8 Å². The van der Waals surface area contributed by atoms with Gasteiger partial charge >= 0.3 is 5.97 Å². The van der Waals surface area contributed by atoms with Crippen LogP contribution in [0.1, 0.15) is 47.1 Å². The smallest absolute Gasteiger partial charge is 0.355 e. The lowest BCUT2D eigenvalue weighted by molar-refractivity contribution is 0.0519. The molecule has 0 saturated heterocycles. The van der Waals surface area contributed by atoms with Gasteiger partial charge in [-0.15, -0.1) is 0 Å². The molecule has 2 rings (SSSR count). The molecule has 7 heteroatoms. The maximum absolute atomic E-state index is 12.7. The van der Waals surface area contributed by atoms with Crippen molar-refractivity contribution >= 4 is 16.0 Å². The minimum atomic E-state index is -3.74. The van der Waals surface area contributed by atoms with Gasteiger partial charge < -0.3 is 9.72 Å². The maximum atomic E-state index is 12.7. The third kappa shape index (κ3) is 4.29. The third-order valence-electron chi connectivity index (χ3n) is 4.07. The van der Waals surface area contributed by atoms with Crippen LogP contribution in [0.25, 0.3) is 0 Å². The molecule has 1 heterocycles. The molecule has 0 amide bonds. The van der Waals surface area contributed by atoms with E-state index in [1.54, 1.807) is 20.8 Å². The molecule has 1 atom stereocenters. The van der Waals surface area contributed by atoms with Crippen LogP contribution in [-0.4, -0.2) is 32.5 Å². The summed E-state index contributed by atoms with van der Waals surface area (Å²) in [5.74, 6) is -0.526. The van der Waals surface area contributed by atoms with Crippen molar-refractivity contribution in [3.05, 3.63) is 52.8 Å². The molecular weight excluding hydrogens is 340 g/mol. The number of aromatic nitrogens is 1. The maximum Gasteiger partial charge on any atom is 0.355 e. The summed E-state index contributed by atoms with van der Waals surface area (Å²) in [6, 6.07) is 9.69. The molecule has 25 heavy (non-hydrogen) atoms. The van der Waals surface area contributed by atoms with Gasteiger partial charge in [-0.25, -0.2) is 17.9 Å². The molecular formula is C18H24N2O4S. The number of carbonyl (C=O) groups is 1. The fourth-order valence-corrected chi connectivity index (χ4v) is 4.32. The number of carbonyl (C=O) groups excluding carboxylic acids is 1. The van der Waals surface area contributed by atoms with Gasteiger partial charge in [-0.05, 0) is 32.3 Å². The summed E-state index contributed by atoms with van der Waals surface area (Å²) in [7, 11) is -3.74. The zero-order chi connectivity index (χ0) is 18.6. The number of sulfonamides is 1. The van der Waals surface area contributed by atoms with E-state index in [4.69, 9.17) is 4.74 Å². The molecule has 0 bridgehead atoms. The highest BCUT2D eigenvalue weighted by molar-refractivity contribution is 7.89. The van der Waals surface area contributed by atoms with Crippen LogP contribution < -0.4 is 4.72 Å². The third-order valence-corrected chi connectivity index (χ3v) is 5.76. The molecule has 0 saturated carbocycles. The zero-order valence-electron chi connectivity index (χ0n) is 14.9. The van der Waals surface area contributed by atoms with Gasteiger partial charge in [0.25, 0.3) is 0 Å². The standard InChI is InChI=1S/C18H24N2O4S/c1-5-24-18(21)16-13(3)17(14(4)20-16)25(22,23)19-11-12(2)15-9-7-6-8-10-15/h6-10,12,19-20H,5,11H2,1-4H3/t12-/m0/s1. The first-order chi connectivity index (χ1) is 11.8. The Bertz CT molecular complexity index is 841. The lowest BCUT2D eigenvalue weighted by atomic mass is 10.0. The van der Waals surface area contributed by atoms with E-state index in [0.717, 1.165) is 5.56 Å². The Labute approximate surface area is 148 Å². The van der Waals surface area contributed by atoms with Gasteiger partial charge in [0.1, 0.15) is 10.6 Å². The summed E-state index contributed by atoms with van der Waals surface area (Å²) in [5, 5.41) is 0. The SMILES string of the molecule is CCOC(=O)c1[nH]c(C)c(S(=O)(=O)NC[C@H](C)c2ccccc2)c1C. The van der Waals surface area contributed by atoms with Crippen molar-refractivity contribution in [2.75, 3.05) is 13.2 Å². The first kappa shape index (κ1) is 19.2.